The molecule has 0 amide bonds. The fourth-order valence-corrected chi connectivity index (χ4v) is 0.932. The van der Waals surface area contributed by atoms with Crippen LogP contribution in [-0.2, 0) is 11.2 Å². The summed E-state index contributed by atoms with van der Waals surface area (Å²) in [6, 6.07) is 0. The van der Waals surface area contributed by atoms with Gasteiger partial charge in [0.2, 0.25) is 0 Å². The van der Waals surface area contributed by atoms with Crippen LogP contribution in [0.3, 0.4) is 0 Å². The van der Waals surface area contributed by atoms with E-state index >= 15 is 0 Å². The lowest BCUT2D eigenvalue weighted by Crippen LogP contribution is -2.12. The summed E-state index contributed by atoms with van der Waals surface area (Å²) in [7, 11) is 0. The van der Waals surface area contributed by atoms with E-state index in [9.17, 15) is 4.79 Å². The van der Waals surface area contributed by atoms with Crippen LogP contribution in [0.2, 0.25) is 0 Å². The maximum absolute atomic E-state index is 10.5. The molecule has 1 rings (SSSR count). The van der Waals surface area contributed by atoms with Gasteiger partial charge in [0.05, 0.1) is 12.1 Å². The molecule has 0 radical (unpaired) electrons. The quantitative estimate of drug-likeness (QED) is 0.739. The highest BCUT2D eigenvalue weighted by Gasteiger charge is 2.14. The Kier molecular flexibility index (Phi) is 2.47. The van der Waals surface area contributed by atoms with Gasteiger partial charge in [-0.1, -0.05) is 12.1 Å². The standard InChI is InChI=1S/C8H11NO3/c1-5(8(10)11)3-7-4-9-12-6(7)2/h4-5H,3H2,1-2H3,(H,10,11). The molecule has 0 saturated carbocycles. The minimum atomic E-state index is -0.796. The van der Waals surface area contributed by atoms with Crippen molar-refractivity contribution in [2.75, 3.05) is 0 Å². The first-order chi connectivity index (χ1) is 5.61. The van der Waals surface area contributed by atoms with E-state index in [0.717, 1.165) is 5.56 Å². The summed E-state index contributed by atoms with van der Waals surface area (Å²) in [6.45, 7) is 3.44. The van der Waals surface area contributed by atoms with Gasteiger partial charge in [-0.15, -0.1) is 0 Å². The Bertz CT molecular complexity index is 280. The fourth-order valence-electron chi connectivity index (χ4n) is 0.932. The van der Waals surface area contributed by atoms with Gasteiger partial charge in [-0.3, -0.25) is 4.79 Å². The normalized spacial score (nSPS) is 12.8. The predicted octanol–water partition coefficient (Wildman–Crippen LogP) is 1.25. The number of aryl methyl sites for hydroxylation is 1. The lowest BCUT2D eigenvalue weighted by Gasteiger charge is -2.02. The minimum Gasteiger partial charge on any atom is -0.481 e. The molecule has 1 N–H and O–H groups in total. The summed E-state index contributed by atoms with van der Waals surface area (Å²) < 4.78 is 4.80. The van der Waals surface area contributed by atoms with E-state index in [1.165, 1.54) is 0 Å². The van der Waals surface area contributed by atoms with Crippen LogP contribution in [0.1, 0.15) is 18.2 Å². The predicted molar refractivity (Wildman–Crippen MR) is 41.7 cm³/mol. The first-order valence-electron chi connectivity index (χ1n) is 3.74. The molecule has 12 heavy (non-hydrogen) atoms. The number of nitrogens with zero attached hydrogens (tertiary/aromatic N) is 1. The lowest BCUT2D eigenvalue weighted by atomic mass is 10.0. The van der Waals surface area contributed by atoms with E-state index in [4.69, 9.17) is 9.63 Å². The summed E-state index contributed by atoms with van der Waals surface area (Å²) >= 11 is 0. The third kappa shape index (κ3) is 1.84. The minimum absolute atomic E-state index is 0.386. The highest BCUT2D eigenvalue weighted by atomic mass is 16.5. The second-order valence-electron chi connectivity index (χ2n) is 2.85. The Balaban J connectivity index is 2.64. The van der Waals surface area contributed by atoms with Crippen molar-refractivity contribution >= 4 is 5.97 Å². The first kappa shape index (κ1) is 8.77. The Morgan fingerprint density at radius 3 is 2.92 bits per heavy atom. The third-order valence-electron chi connectivity index (χ3n) is 1.80. The van der Waals surface area contributed by atoms with Crippen LogP contribution in [0.15, 0.2) is 10.7 Å². The Morgan fingerprint density at radius 1 is 1.83 bits per heavy atom. The monoisotopic (exact) mass is 169 g/mol. The molecule has 1 atom stereocenters. The second kappa shape index (κ2) is 3.38. The molecule has 0 aliphatic rings. The van der Waals surface area contributed by atoms with E-state index < -0.39 is 5.97 Å². The van der Waals surface area contributed by atoms with Gasteiger partial charge in [0, 0.05) is 5.56 Å². The fraction of sp³-hybridized carbons (Fsp3) is 0.500. The van der Waals surface area contributed by atoms with Gasteiger partial charge in [0.15, 0.2) is 0 Å². The van der Waals surface area contributed by atoms with Crippen molar-refractivity contribution in [3.63, 3.8) is 0 Å². The van der Waals surface area contributed by atoms with E-state index in [0.29, 0.717) is 12.2 Å². The zero-order valence-corrected chi connectivity index (χ0v) is 7.07. The summed E-state index contributed by atoms with van der Waals surface area (Å²) in [5.41, 5.74) is 0.866. The molecule has 0 aliphatic heterocycles. The second-order valence-corrected chi connectivity index (χ2v) is 2.85. The zero-order chi connectivity index (χ0) is 9.14. The maximum Gasteiger partial charge on any atom is 0.306 e. The Hall–Kier alpha value is -1.32. The highest BCUT2D eigenvalue weighted by molar-refractivity contribution is 5.69. The van der Waals surface area contributed by atoms with Crippen molar-refractivity contribution < 1.29 is 14.4 Å². The van der Waals surface area contributed by atoms with E-state index in [1.807, 2.05) is 0 Å². The van der Waals surface area contributed by atoms with Crippen molar-refractivity contribution in [3.8, 4) is 0 Å². The van der Waals surface area contributed by atoms with E-state index in [1.54, 1.807) is 20.0 Å². The van der Waals surface area contributed by atoms with Crippen LogP contribution >= 0.6 is 0 Å². The average molecular weight is 169 g/mol. The zero-order valence-electron chi connectivity index (χ0n) is 7.07. The van der Waals surface area contributed by atoms with Gasteiger partial charge in [0.25, 0.3) is 0 Å². The molecule has 0 aromatic carbocycles. The molecule has 0 saturated heterocycles. The first-order valence-corrected chi connectivity index (χ1v) is 3.74. The van der Waals surface area contributed by atoms with E-state index in [-0.39, 0.29) is 5.92 Å². The molecular formula is C8H11NO3. The van der Waals surface area contributed by atoms with Crippen molar-refractivity contribution in [1.82, 2.24) is 5.16 Å². The molecule has 0 bridgehead atoms. The molecule has 1 heterocycles. The van der Waals surface area contributed by atoms with Crippen molar-refractivity contribution in [2.45, 2.75) is 20.3 Å². The van der Waals surface area contributed by atoms with Gasteiger partial charge >= 0.3 is 5.97 Å². The number of carboxylic acids is 1. The van der Waals surface area contributed by atoms with Crippen LogP contribution in [0, 0.1) is 12.8 Å². The van der Waals surface area contributed by atoms with Crippen LogP contribution in [0.25, 0.3) is 0 Å². The van der Waals surface area contributed by atoms with Crippen LogP contribution in [0.4, 0.5) is 0 Å². The highest BCUT2D eigenvalue weighted by Crippen LogP contribution is 2.12. The number of aliphatic carboxylic acids is 1. The molecule has 1 unspecified atom stereocenters. The molecule has 0 aliphatic carbocycles. The molecule has 0 fully saturated rings. The Labute approximate surface area is 70.2 Å². The number of carboxylic acid groups (broad SMARTS) is 1. The number of carbonyl (C=O) groups is 1. The smallest absolute Gasteiger partial charge is 0.306 e. The molecule has 1 aromatic heterocycles. The Morgan fingerprint density at radius 2 is 2.50 bits per heavy atom. The number of hydrogen-bond donors (Lipinski definition) is 1. The molecular weight excluding hydrogens is 158 g/mol. The maximum atomic E-state index is 10.5. The van der Waals surface area contributed by atoms with Gasteiger partial charge < -0.3 is 9.63 Å². The largest absolute Gasteiger partial charge is 0.481 e. The number of hydrogen-bond acceptors (Lipinski definition) is 3. The molecule has 1 aromatic rings. The summed E-state index contributed by atoms with van der Waals surface area (Å²) in [6.07, 6.45) is 2.04. The van der Waals surface area contributed by atoms with Crippen molar-refractivity contribution in [2.24, 2.45) is 5.92 Å². The van der Waals surface area contributed by atoms with Gasteiger partial charge in [-0.25, -0.2) is 0 Å². The number of aromatic nitrogens is 1. The lowest BCUT2D eigenvalue weighted by molar-refractivity contribution is -0.141. The summed E-state index contributed by atoms with van der Waals surface area (Å²) in [4.78, 5) is 10.5. The summed E-state index contributed by atoms with van der Waals surface area (Å²) in [5, 5.41) is 12.2. The molecule has 0 spiro atoms. The summed E-state index contributed by atoms with van der Waals surface area (Å²) in [5.74, 6) is -0.484. The molecule has 4 nitrogen and oxygen atoms in total. The van der Waals surface area contributed by atoms with E-state index in [2.05, 4.69) is 5.16 Å². The van der Waals surface area contributed by atoms with Crippen LogP contribution < -0.4 is 0 Å². The van der Waals surface area contributed by atoms with Gasteiger partial charge in [-0.2, -0.15) is 0 Å². The number of rotatable bonds is 3. The van der Waals surface area contributed by atoms with Crippen molar-refractivity contribution in [3.05, 3.63) is 17.5 Å². The van der Waals surface area contributed by atoms with Gasteiger partial charge in [-0.05, 0) is 13.3 Å². The van der Waals surface area contributed by atoms with Gasteiger partial charge in [0.1, 0.15) is 5.76 Å². The average Bonchev–Trinajstić information content (AvgIpc) is 2.36. The van der Waals surface area contributed by atoms with Crippen LogP contribution in [0.5, 0.6) is 0 Å². The SMILES string of the molecule is Cc1oncc1CC(C)C(=O)O. The van der Waals surface area contributed by atoms with Crippen LogP contribution in [-0.4, -0.2) is 16.2 Å². The van der Waals surface area contributed by atoms with Crippen molar-refractivity contribution in [1.29, 1.82) is 0 Å². The molecule has 4 heteroatoms. The topological polar surface area (TPSA) is 63.3 Å². The third-order valence-corrected chi connectivity index (χ3v) is 1.80. The molecule has 66 valence electrons.